The van der Waals surface area contributed by atoms with Crippen LogP contribution in [0.5, 0.6) is 0 Å². The van der Waals surface area contributed by atoms with Crippen LogP contribution in [0, 0.1) is 24.0 Å². The molecular weight excluding hydrogens is 450 g/mol. The van der Waals surface area contributed by atoms with Crippen molar-refractivity contribution in [1.82, 2.24) is 9.78 Å². The fourth-order valence-corrected chi connectivity index (χ4v) is 3.81. The van der Waals surface area contributed by atoms with Gasteiger partial charge in [0.25, 0.3) is 11.6 Å². The van der Waals surface area contributed by atoms with Crippen LogP contribution >= 0.6 is 0 Å². The fourth-order valence-electron chi connectivity index (χ4n) is 3.81. The number of hydrogen-bond acceptors (Lipinski definition) is 7. The number of carbonyl (C=O) groups excluding carboxylic acids is 2. The smallest absolute Gasteiger partial charge is 0.338 e. The Balaban J connectivity index is 1.64. The summed E-state index contributed by atoms with van der Waals surface area (Å²) in [5, 5.41) is 21.4. The molecule has 35 heavy (non-hydrogen) atoms. The summed E-state index contributed by atoms with van der Waals surface area (Å²) in [6, 6.07) is 12.7. The van der Waals surface area contributed by atoms with Crippen molar-refractivity contribution in [3.8, 4) is 5.69 Å². The Labute approximate surface area is 201 Å². The van der Waals surface area contributed by atoms with E-state index in [1.165, 1.54) is 17.1 Å². The van der Waals surface area contributed by atoms with E-state index in [9.17, 15) is 19.7 Å². The molecule has 0 radical (unpaired) electrons. The van der Waals surface area contributed by atoms with Gasteiger partial charge in [-0.2, -0.15) is 15.2 Å². The van der Waals surface area contributed by atoms with Crippen LogP contribution in [-0.2, 0) is 9.53 Å². The average Bonchev–Trinajstić information content (AvgIpc) is 3.29. The van der Waals surface area contributed by atoms with Gasteiger partial charge in [-0.3, -0.25) is 14.9 Å². The van der Waals surface area contributed by atoms with Crippen molar-refractivity contribution < 1.29 is 19.2 Å². The number of aromatic nitrogens is 2. The summed E-state index contributed by atoms with van der Waals surface area (Å²) in [5.41, 5.74) is 4.49. The average molecular weight is 473 g/mol. The van der Waals surface area contributed by atoms with E-state index in [0.717, 1.165) is 11.3 Å². The maximum absolute atomic E-state index is 13.2. The van der Waals surface area contributed by atoms with E-state index < -0.39 is 10.9 Å². The first-order valence-corrected chi connectivity index (χ1v) is 10.9. The molecule has 0 atom stereocenters. The predicted molar refractivity (Wildman–Crippen MR) is 131 cm³/mol. The van der Waals surface area contributed by atoms with Gasteiger partial charge in [0.05, 0.1) is 45.4 Å². The molecule has 0 fully saturated rings. The quantitative estimate of drug-likeness (QED) is 0.227. The molecule has 0 aliphatic carbocycles. The molecular formula is C25H23N5O5. The normalized spacial score (nSPS) is 14.4. The van der Waals surface area contributed by atoms with E-state index in [1.54, 1.807) is 61.0 Å². The Morgan fingerprint density at radius 2 is 1.83 bits per heavy atom. The van der Waals surface area contributed by atoms with Gasteiger partial charge in [-0.25, -0.2) is 9.48 Å². The van der Waals surface area contributed by atoms with Crippen molar-refractivity contribution in [2.75, 3.05) is 11.6 Å². The van der Waals surface area contributed by atoms with Crippen molar-refractivity contribution in [3.63, 3.8) is 0 Å². The van der Waals surface area contributed by atoms with Gasteiger partial charge in [0.1, 0.15) is 0 Å². The molecule has 10 heteroatoms. The van der Waals surface area contributed by atoms with Gasteiger partial charge in [-0.05, 0) is 64.1 Å². The number of aryl methyl sites for hydroxylation is 1. The summed E-state index contributed by atoms with van der Waals surface area (Å²) in [4.78, 5) is 35.8. The van der Waals surface area contributed by atoms with Gasteiger partial charge in [-0.15, -0.1) is 0 Å². The second-order valence-electron chi connectivity index (χ2n) is 7.90. The first kappa shape index (κ1) is 23.6. The van der Waals surface area contributed by atoms with Crippen LogP contribution in [-0.4, -0.2) is 38.9 Å². The molecule has 0 spiro atoms. The Morgan fingerprint density at radius 3 is 2.49 bits per heavy atom. The van der Waals surface area contributed by atoms with Crippen LogP contribution in [0.2, 0.25) is 0 Å². The molecule has 2 aromatic carbocycles. The number of nitro benzene ring substituents is 1. The highest BCUT2D eigenvalue weighted by molar-refractivity contribution is 6.32. The number of hydrazone groups is 1. The van der Waals surface area contributed by atoms with Crippen LogP contribution in [0.25, 0.3) is 11.8 Å². The standard InChI is InChI=1S/C25H23N5O5/c1-5-35-25(32)18-9-11-19(12-10-18)29-24(31)23(16(3)27-29)14-22-15(2)26-28(17(22)4)20-7-6-8-21(13-20)30(33)34/h6-14H,5H2,1-4H3. The molecule has 0 unspecified atom stereocenters. The summed E-state index contributed by atoms with van der Waals surface area (Å²) in [6.07, 6.45) is 1.74. The van der Waals surface area contributed by atoms with Crippen LogP contribution < -0.4 is 5.01 Å². The molecule has 0 N–H and O–H groups in total. The maximum Gasteiger partial charge on any atom is 0.338 e. The van der Waals surface area contributed by atoms with Gasteiger partial charge in [0.15, 0.2) is 0 Å². The zero-order valence-corrected chi connectivity index (χ0v) is 19.7. The first-order chi connectivity index (χ1) is 16.7. The van der Waals surface area contributed by atoms with E-state index in [0.29, 0.717) is 33.9 Å². The first-order valence-electron chi connectivity index (χ1n) is 10.9. The SMILES string of the molecule is CCOC(=O)c1ccc(N2N=C(C)C(=Cc3c(C)nn(-c4cccc([N+](=O)[O-])c4)c3C)C2=O)cc1. The highest BCUT2D eigenvalue weighted by Crippen LogP contribution is 2.28. The molecule has 178 valence electrons. The molecule has 10 nitrogen and oxygen atoms in total. The number of non-ortho nitro benzene ring substituents is 1. The van der Waals surface area contributed by atoms with Crippen LogP contribution in [0.3, 0.4) is 0 Å². The molecule has 1 aliphatic rings. The van der Waals surface area contributed by atoms with Gasteiger partial charge in [0, 0.05) is 23.4 Å². The highest BCUT2D eigenvalue weighted by atomic mass is 16.6. The highest BCUT2D eigenvalue weighted by Gasteiger charge is 2.29. The third kappa shape index (κ3) is 4.45. The van der Waals surface area contributed by atoms with Gasteiger partial charge >= 0.3 is 5.97 Å². The summed E-state index contributed by atoms with van der Waals surface area (Å²) in [6.45, 7) is 7.40. The molecule has 1 aromatic heterocycles. The van der Waals surface area contributed by atoms with E-state index in [-0.39, 0.29) is 18.2 Å². The van der Waals surface area contributed by atoms with Gasteiger partial charge in [0.2, 0.25) is 0 Å². The lowest BCUT2D eigenvalue weighted by molar-refractivity contribution is -0.384. The van der Waals surface area contributed by atoms with Crippen molar-refractivity contribution in [1.29, 1.82) is 0 Å². The number of rotatable bonds is 6. The number of anilines is 1. The molecule has 4 rings (SSSR count). The number of amides is 1. The number of carbonyl (C=O) groups is 2. The van der Waals surface area contributed by atoms with E-state index in [4.69, 9.17) is 4.74 Å². The Bertz CT molecular complexity index is 1400. The van der Waals surface area contributed by atoms with Crippen LogP contribution in [0.15, 0.2) is 59.2 Å². The number of ether oxygens (including phenoxy) is 1. The zero-order valence-electron chi connectivity index (χ0n) is 19.7. The zero-order chi connectivity index (χ0) is 25.3. The van der Waals surface area contributed by atoms with Crippen LogP contribution in [0.1, 0.15) is 41.2 Å². The second-order valence-corrected chi connectivity index (χ2v) is 7.90. The van der Waals surface area contributed by atoms with E-state index in [1.807, 2.05) is 13.8 Å². The second kappa shape index (κ2) is 9.34. The molecule has 0 saturated heterocycles. The van der Waals surface area contributed by atoms with Gasteiger partial charge in [-0.1, -0.05) is 6.07 Å². The Hall–Kier alpha value is -4.60. The lowest BCUT2D eigenvalue weighted by atomic mass is 10.1. The minimum atomic E-state index is -0.455. The van der Waals surface area contributed by atoms with E-state index >= 15 is 0 Å². The molecule has 2 heterocycles. The summed E-state index contributed by atoms with van der Waals surface area (Å²) < 4.78 is 6.61. The molecule has 1 amide bonds. The molecule has 0 bridgehead atoms. The minimum absolute atomic E-state index is 0.0338. The lowest BCUT2D eigenvalue weighted by Gasteiger charge is -2.12. The topological polar surface area (TPSA) is 120 Å². The lowest BCUT2D eigenvalue weighted by Crippen LogP contribution is -2.21. The third-order valence-corrected chi connectivity index (χ3v) is 5.61. The predicted octanol–water partition coefficient (Wildman–Crippen LogP) is 4.38. The Kier molecular flexibility index (Phi) is 6.28. The monoisotopic (exact) mass is 473 g/mol. The van der Waals surface area contributed by atoms with Crippen molar-refractivity contribution in [2.24, 2.45) is 5.10 Å². The fraction of sp³-hybridized carbons (Fsp3) is 0.200. The van der Waals surface area contributed by atoms with Crippen molar-refractivity contribution in [3.05, 3.63) is 86.7 Å². The Morgan fingerprint density at radius 1 is 1.11 bits per heavy atom. The van der Waals surface area contributed by atoms with Gasteiger partial charge < -0.3 is 4.74 Å². The molecule has 1 aliphatic heterocycles. The summed E-state index contributed by atoms with van der Waals surface area (Å²) in [5.74, 6) is -0.743. The minimum Gasteiger partial charge on any atom is -0.462 e. The van der Waals surface area contributed by atoms with E-state index in [2.05, 4.69) is 10.2 Å². The number of benzene rings is 2. The third-order valence-electron chi connectivity index (χ3n) is 5.61. The van der Waals surface area contributed by atoms with Crippen LogP contribution in [0.4, 0.5) is 11.4 Å². The number of esters is 1. The summed E-state index contributed by atoms with van der Waals surface area (Å²) >= 11 is 0. The molecule has 3 aromatic rings. The number of nitro groups is 1. The van der Waals surface area contributed by atoms with Crippen molar-refractivity contribution >= 4 is 35.0 Å². The number of nitrogens with zero attached hydrogens (tertiary/aromatic N) is 5. The summed E-state index contributed by atoms with van der Waals surface area (Å²) in [7, 11) is 0. The number of hydrogen-bond donors (Lipinski definition) is 0. The van der Waals surface area contributed by atoms with Crippen molar-refractivity contribution in [2.45, 2.75) is 27.7 Å². The largest absolute Gasteiger partial charge is 0.462 e. The maximum atomic E-state index is 13.2. The molecule has 0 saturated carbocycles.